The number of hydrogen-bond acceptors (Lipinski definition) is 6. The van der Waals surface area contributed by atoms with E-state index in [9.17, 15) is 9.59 Å². The van der Waals surface area contributed by atoms with Gasteiger partial charge >= 0.3 is 11.9 Å². The van der Waals surface area contributed by atoms with Crippen molar-refractivity contribution < 1.29 is 29.3 Å². The van der Waals surface area contributed by atoms with Crippen LogP contribution in [0.2, 0.25) is 0 Å². The maximum absolute atomic E-state index is 10.1. The number of rotatable bonds is 6. The Kier molecular flexibility index (Phi) is 42.1. The molecule has 0 amide bonds. The number of aliphatic hydroxyl groups is 2. The Labute approximate surface area is 135 Å². The SMILES string of the molecule is CCCCO.CCCCOC(C)=O.CCO.CCOC(C)=O. The zero-order valence-electron chi connectivity index (χ0n) is 15.2. The quantitative estimate of drug-likeness (QED) is 0.576. The van der Waals surface area contributed by atoms with Crippen LogP contribution in [0, 0.1) is 0 Å². The monoisotopic (exact) mass is 324 g/mol. The fourth-order valence-corrected chi connectivity index (χ4v) is 0.722. The summed E-state index contributed by atoms with van der Waals surface area (Å²) in [6, 6.07) is 0. The molecule has 0 saturated heterocycles. The molecule has 136 valence electrons. The zero-order valence-corrected chi connectivity index (χ0v) is 15.2. The first kappa shape index (κ1) is 28.9. The van der Waals surface area contributed by atoms with Crippen LogP contribution in [0.1, 0.15) is 67.2 Å². The second-order valence-electron chi connectivity index (χ2n) is 4.01. The molecule has 0 fully saturated rings. The standard InChI is InChI=1S/C6H12O2.C4H8O2.C4H10O.C2H6O/c1-3-4-5-8-6(2)7;1-3-6-4(2)5;1-2-3-4-5;1-2-3/h3-5H2,1-2H3;3H2,1-2H3;5H,2-4H2,1H3;3H,2H2,1H3. The van der Waals surface area contributed by atoms with Gasteiger partial charge in [-0.2, -0.15) is 0 Å². The Balaban J connectivity index is -0.000000104. The van der Waals surface area contributed by atoms with Crippen LogP contribution in [0.3, 0.4) is 0 Å². The van der Waals surface area contributed by atoms with Crippen molar-refractivity contribution in [3.05, 3.63) is 0 Å². The third-order valence-corrected chi connectivity index (χ3v) is 1.66. The molecule has 0 aliphatic heterocycles. The van der Waals surface area contributed by atoms with Crippen molar-refractivity contribution in [2.75, 3.05) is 26.4 Å². The van der Waals surface area contributed by atoms with E-state index in [2.05, 4.69) is 23.3 Å². The molecule has 2 N–H and O–H groups in total. The first-order valence-electron chi connectivity index (χ1n) is 7.85. The highest BCUT2D eigenvalue weighted by atomic mass is 16.5. The smallest absolute Gasteiger partial charge is 0.302 e. The van der Waals surface area contributed by atoms with Crippen molar-refractivity contribution in [2.24, 2.45) is 0 Å². The van der Waals surface area contributed by atoms with Crippen molar-refractivity contribution in [1.82, 2.24) is 0 Å². The topological polar surface area (TPSA) is 93.1 Å². The molecule has 0 aromatic heterocycles. The Morgan fingerprint density at radius 3 is 1.36 bits per heavy atom. The van der Waals surface area contributed by atoms with Crippen LogP contribution in [-0.2, 0) is 19.1 Å². The predicted octanol–water partition coefficient (Wildman–Crippen LogP) is 2.70. The molecule has 6 heteroatoms. The number of ether oxygens (including phenoxy) is 2. The van der Waals surface area contributed by atoms with Crippen molar-refractivity contribution in [3.63, 3.8) is 0 Å². The number of unbranched alkanes of at least 4 members (excludes halogenated alkanes) is 2. The normalized spacial score (nSPS) is 8.00. The van der Waals surface area contributed by atoms with Gasteiger partial charge in [0.15, 0.2) is 0 Å². The van der Waals surface area contributed by atoms with Crippen molar-refractivity contribution >= 4 is 11.9 Å². The molecular formula is C16H36O6. The van der Waals surface area contributed by atoms with Crippen LogP contribution in [0.25, 0.3) is 0 Å². The van der Waals surface area contributed by atoms with E-state index in [4.69, 9.17) is 10.2 Å². The number of aliphatic hydroxyl groups excluding tert-OH is 2. The second kappa shape index (κ2) is 32.0. The van der Waals surface area contributed by atoms with Gasteiger partial charge in [0.1, 0.15) is 0 Å². The molecule has 0 saturated carbocycles. The Morgan fingerprint density at radius 2 is 1.23 bits per heavy atom. The van der Waals surface area contributed by atoms with E-state index in [0.717, 1.165) is 25.7 Å². The lowest BCUT2D eigenvalue weighted by atomic mass is 10.4. The van der Waals surface area contributed by atoms with Gasteiger partial charge < -0.3 is 19.7 Å². The summed E-state index contributed by atoms with van der Waals surface area (Å²) in [5.41, 5.74) is 0. The molecule has 0 atom stereocenters. The zero-order chi connectivity index (χ0) is 18.2. The Morgan fingerprint density at radius 1 is 0.818 bits per heavy atom. The highest BCUT2D eigenvalue weighted by Crippen LogP contribution is 1.86. The molecule has 0 spiro atoms. The summed E-state index contributed by atoms with van der Waals surface area (Å²) in [6.07, 6.45) is 4.09. The summed E-state index contributed by atoms with van der Waals surface area (Å²) >= 11 is 0. The predicted molar refractivity (Wildman–Crippen MR) is 88.6 cm³/mol. The van der Waals surface area contributed by atoms with Crippen molar-refractivity contribution in [1.29, 1.82) is 0 Å². The van der Waals surface area contributed by atoms with Crippen LogP contribution < -0.4 is 0 Å². The lowest BCUT2D eigenvalue weighted by Gasteiger charge is -1.96. The van der Waals surface area contributed by atoms with E-state index in [1.54, 1.807) is 13.8 Å². The van der Waals surface area contributed by atoms with Crippen LogP contribution in [-0.4, -0.2) is 48.6 Å². The second-order valence-corrected chi connectivity index (χ2v) is 4.01. The molecule has 0 heterocycles. The van der Waals surface area contributed by atoms with E-state index in [-0.39, 0.29) is 18.5 Å². The van der Waals surface area contributed by atoms with Crippen LogP contribution >= 0.6 is 0 Å². The number of carbonyl (C=O) groups is 2. The first-order valence-corrected chi connectivity index (χ1v) is 7.85. The van der Waals surface area contributed by atoms with Crippen molar-refractivity contribution in [2.45, 2.75) is 67.2 Å². The highest BCUT2D eigenvalue weighted by molar-refractivity contribution is 5.66. The lowest BCUT2D eigenvalue weighted by Crippen LogP contribution is -1.99. The number of carbonyl (C=O) groups excluding carboxylic acids is 2. The van der Waals surface area contributed by atoms with Crippen molar-refractivity contribution in [3.8, 4) is 0 Å². The van der Waals surface area contributed by atoms with Crippen LogP contribution in [0.5, 0.6) is 0 Å². The molecule has 0 aromatic carbocycles. The summed E-state index contributed by atoms with van der Waals surface area (Å²) in [5, 5.41) is 15.6. The first-order chi connectivity index (χ1) is 10.4. The van der Waals surface area contributed by atoms with Gasteiger partial charge in [0.25, 0.3) is 0 Å². The van der Waals surface area contributed by atoms with Gasteiger partial charge in [-0.15, -0.1) is 0 Å². The van der Waals surface area contributed by atoms with Gasteiger partial charge in [0.2, 0.25) is 0 Å². The van der Waals surface area contributed by atoms with E-state index in [0.29, 0.717) is 19.8 Å². The van der Waals surface area contributed by atoms with E-state index < -0.39 is 0 Å². The van der Waals surface area contributed by atoms with Gasteiger partial charge in [0.05, 0.1) is 13.2 Å². The molecule has 22 heavy (non-hydrogen) atoms. The molecule has 0 unspecified atom stereocenters. The van der Waals surface area contributed by atoms with Crippen LogP contribution in [0.15, 0.2) is 0 Å². The molecule has 6 nitrogen and oxygen atoms in total. The fraction of sp³-hybridized carbons (Fsp3) is 0.875. The summed E-state index contributed by atoms with van der Waals surface area (Å²) < 4.78 is 9.05. The minimum atomic E-state index is -0.211. The third kappa shape index (κ3) is 76.6. The Bertz CT molecular complexity index is 205. The summed E-state index contributed by atoms with van der Waals surface area (Å²) in [4.78, 5) is 19.9. The van der Waals surface area contributed by atoms with E-state index >= 15 is 0 Å². The molecule has 0 bridgehead atoms. The summed E-state index contributed by atoms with van der Waals surface area (Å²) in [6.45, 7) is 12.0. The maximum atomic E-state index is 10.1. The maximum Gasteiger partial charge on any atom is 0.302 e. The number of hydrogen-bond donors (Lipinski definition) is 2. The average Bonchev–Trinajstić information content (AvgIpc) is 2.42. The van der Waals surface area contributed by atoms with Gasteiger partial charge in [-0.3, -0.25) is 9.59 Å². The molecular weight excluding hydrogens is 288 g/mol. The minimum absolute atomic E-state index is 0.182. The average molecular weight is 324 g/mol. The highest BCUT2D eigenvalue weighted by Gasteiger charge is 1.88. The molecule has 0 aliphatic carbocycles. The molecule has 0 aliphatic rings. The number of esters is 2. The summed E-state index contributed by atoms with van der Waals surface area (Å²) in [5.74, 6) is -0.393. The van der Waals surface area contributed by atoms with Gasteiger partial charge in [-0.05, 0) is 26.7 Å². The van der Waals surface area contributed by atoms with Crippen LogP contribution in [0.4, 0.5) is 0 Å². The molecule has 0 aromatic rings. The molecule has 0 radical (unpaired) electrons. The largest absolute Gasteiger partial charge is 0.466 e. The molecule has 0 rings (SSSR count). The van der Waals surface area contributed by atoms with E-state index in [1.807, 2.05) is 0 Å². The van der Waals surface area contributed by atoms with Gasteiger partial charge in [-0.1, -0.05) is 26.7 Å². The third-order valence-electron chi connectivity index (χ3n) is 1.66. The lowest BCUT2D eigenvalue weighted by molar-refractivity contribution is -0.141. The minimum Gasteiger partial charge on any atom is -0.466 e. The fourth-order valence-electron chi connectivity index (χ4n) is 0.722. The summed E-state index contributed by atoms with van der Waals surface area (Å²) in [7, 11) is 0. The van der Waals surface area contributed by atoms with Gasteiger partial charge in [0, 0.05) is 27.1 Å². The van der Waals surface area contributed by atoms with E-state index in [1.165, 1.54) is 13.8 Å². The van der Waals surface area contributed by atoms with Gasteiger partial charge in [-0.25, -0.2) is 0 Å². The Hall–Kier alpha value is -1.14.